The molecule has 4 aromatic rings. The van der Waals surface area contributed by atoms with E-state index in [1.54, 1.807) is 12.4 Å². The van der Waals surface area contributed by atoms with Gasteiger partial charge in [-0.2, -0.15) is 9.61 Å². The van der Waals surface area contributed by atoms with Gasteiger partial charge in [-0.05, 0) is 45.7 Å². The van der Waals surface area contributed by atoms with E-state index in [4.69, 9.17) is 14.6 Å². The third-order valence-corrected chi connectivity index (χ3v) is 6.05. The molecule has 0 amide bonds. The molecule has 31 heavy (non-hydrogen) atoms. The van der Waals surface area contributed by atoms with Gasteiger partial charge in [0.25, 0.3) is 0 Å². The lowest BCUT2D eigenvalue weighted by atomic mass is 9.89. The van der Waals surface area contributed by atoms with Crippen LogP contribution >= 0.6 is 0 Å². The highest BCUT2D eigenvalue weighted by Gasteiger charge is 2.28. The van der Waals surface area contributed by atoms with Crippen molar-refractivity contribution in [2.75, 3.05) is 18.0 Å². The minimum absolute atomic E-state index is 0.0190. The molecule has 158 valence electrons. The predicted molar refractivity (Wildman–Crippen MR) is 116 cm³/mol. The van der Waals surface area contributed by atoms with Crippen LogP contribution in [0.5, 0.6) is 0 Å². The van der Waals surface area contributed by atoms with Crippen molar-refractivity contribution < 1.29 is 9.32 Å². The highest BCUT2D eigenvalue weighted by molar-refractivity contribution is 5.97. The van der Waals surface area contributed by atoms with Gasteiger partial charge in [0.05, 0.1) is 0 Å². The maximum Gasteiger partial charge on any atom is 0.167 e. The Morgan fingerprint density at radius 3 is 2.61 bits per heavy atom. The van der Waals surface area contributed by atoms with Crippen molar-refractivity contribution in [2.24, 2.45) is 5.92 Å². The molecule has 1 aliphatic heterocycles. The first-order chi connectivity index (χ1) is 15.0. The van der Waals surface area contributed by atoms with Gasteiger partial charge in [-0.1, -0.05) is 5.16 Å². The van der Waals surface area contributed by atoms with Crippen molar-refractivity contribution in [1.29, 1.82) is 0 Å². The van der Waals surface area contributed by atoms with Crippen molar-refractivity contribution >= 4 is 17.2 Å². The Hall–Kier alpha value is -3.55. The molecule has 0 atom stereocenters. The number of nitrogens with zero attached hydrogens (tertiary/aromatic N) is 6. The Labute approximate surface area is 179 Å². The zero-order chi connectivity index (χ0) is 21.5. The lowest BCUT2D eigenvalue weighted by molar-refractivity contribution is 0.0900. The van der Waals surface area contributed by atoms with Crippen LogP contribution in [-0.4, -0.2) is 43.6 Å². The molecule has 0 aromatic carbocycles. The summed E-state index contributed by atoms with van der Waals surface area (Å²) in [5, 5.41) is 8.88. The normalized spacial score (nSPS) is 15.0. The van der Waals surface area contributed by atoms with Gasteiger partial charge in [0.15, 0.2) is 11.4 Å². The van der Waals surface area contributed by atoms with Crippen LogP contribution in [0.2, 0.25) is 0 Å². The molecule has 1 fully saturated rings. The zero-order valence-corrected chi connectivity index (χ0v) is 17.9. The van der Waals surface area contributed by atoms with Crippen molar-refractivity contribution in [3.8, 4) is 11.4 Å². The number of piperidine rings is 1. The number of aryl methyl sites for hydroxylation is 2. The molecule has 5 rings (SSSR count). The second-order valence-corrected chi connectivity index (χ2v) is 8.14. The van der Waals surface area contributed by atoms with Gasteiger partial charge in [-0.3, -0.25) is 9.78 Å². The van der Waals surface area contributed by atoms with Crippen molar-refractivity contribution in [1.82, 2.24) is 24.7 Å². The van der Waals surface area contributed by atoms with Crippen LogP contribution in [0.3, 0.4) is 0 Å². The average molecular weight is 416 g/mol. The Balaban J connectivity index is 1.44. The Morgan fingerprint density at radius 2 is 1.94 bits per heavy atom. The second kappa shape index (κ2) is 7.61. The molecule has 8 heteroatoms. The maximum atomic E-state index is 12.8. The number of aromatic nitrogens is 5. The summed E-state index contributed by atoms with van der Waals surface area (Å²) in [6.07, 6.45) is 4.95. The lowest BCUT2D eigenvalue weighted by Crippen LogP contribution is -2.38. The van der Waals surface area contributed by atoms with Crippen molar-refractivity contribution in [2.45, 2.75) is 33.6 Å². The van der Waals surface area contributed by atoms with E-state index >= 15 is 0 Å². The number of pyridine rings is 1. The fourth-order valence-corrected chi connectivity index (χ4v) is 4.26. The minimum atomic E-state index is 0.0190. The molecule has 1 saturated heterocycles. The van der Waals surface area contributed by atoms with Gasteiger partial charge in [0.2, 0.25) is 0 Å². The largest absolute Gasteiger partial charge is 0.361 e. The number of hydrogen-bond donors (Lipinski definition) is 0. The molecule has 0 unspecified atom stereocenters. The molecule has 1 aliphatic rings. The fraction of sp³-hybridized carbons (Fsp3) is 0.348. The molecular weight excluding hydrogens is 392 g/mol. The van der Waals surface area contributed by atoms with Crippen LogP contribution in [0, 0.1) is 26.7 Å². The van der Waals surface area contributed by atoms with Crippen LogP contribution in [0.1, 0.15) is 40.2 Å². The van der Waals surface area contributed by atoms with E-state index in [0.717, 1.165) is 60.1 Å². The van der Waals surface area contributed by atoms with Crippen LogP contribution in [0.15, 0.2) is 41.2 Å². The highest BCUT2D eigenvalue weighted by Crippen LogP contribution is 2.31. The van der Waals surface area contributed by atoms with Gasteiger partial charge in [0, 0.05) is 60.4 Å². The average Bonchev–Trinajstić information content (AvgIpc) is 3.41. The van der Waals surface area contributed by atoms with Gasteiger partial charge in [0.1, 0.15) is 23.0 Å². The molecule has 0 N–H and O–H groups in total. The molecule has 0 spiro atoms. The monoisotopic (exact) mass is 416 g/mol. The van der Waals surface area contributed by atoms with Gasteiger partial charge in [-0.15, -0.1) is 0 Å². The highest BCUT2D eigenvalue weighted by atomic mass is 16.5. The molecule has 4 aromatic heterocycles. The number of carbonyl (C=O) groups excluding carboxylic acids is 1. The molecule has 0 aliphatic carbocycles. The number of Topliss-reactive ketones (excluding diaryl/α,β-unsaturated/α-hetero) is 1. The SMILES string of the molecule is Cc1cc(-c2cc3nc(C)c(C)c(N4CCC(C(=O)c5cccnc5)CC4)n3n2)no1. The first kappa shape index (κ1) is 19.4. The summed E-state index contributed by atoms with van der Waals surface area (Å²) in [6, 6.07) is 7.47. The summed E-state index contributed by atoms with van der Waals surface area (Å²) >= 11 is 0. The van der Waals surface area contributed by atoms with Crippen LogP contribution in [-0.2, 0) is 0 Å². The van der Waals surface area contributed by atoms with Gasteiger partial charge >= 0.3 is 0 Å². The summed E-state index contributed by atoms with van der Waals surface area (Å²) in [5.41, 5.74) is 4.97. The predicted octanol–water partition coefficient (Wildman–Crippen LogP) is 3.80. The van der Waals surface area contributed by atoms with E-state index in [9.17, 15) is 4.79 Å². The smallest absolute Gasteiger partial charge is 0.167 e. The Kier molecular flexibility index (Phi) is 4.77. The summed E-state index contributed by atoms with van der Waals surface area (Å²) in [7, 11) is 0. The van der Waals surface area contributed by atoms with E-state index in [1.165, 1.54) is 0 Å². The number of fused-ring (bicyclic) bond motifs is 1. The van der Waals surface area contributed by atoms with E-state index in [-0.39, 0.29) is 11.7 Å². The molecule has 8 nitrogen and oxygen atoms in total. The number of carbonyl (C=O) groups is 1. The first-order valence-electron chi connectivity index (χ1n) is 10.5. The summed E-state index contributed by atoms with van der Waals surface area (Å²) < 4.78 is 7.11. The summed E-state index contributed by atoms with van der Waals surface area (Å²) in [5.74, 6) is 1.97. The van der Waals surface area contributed by atoms with E-state index in [0.29, 0.717) is 11.3 Å². The molecule has 0 radical (unpaired) electrons. The van der Waals surface area contributed by atoms with Gasteiger partial charge in [-0.25, -0.2) is 4.98 Å². The van der Waals surface area contributed by atoms with Crippen LogP contribution < -0.4 is 4.90 Å². The molecule has 5 heterocycles. The van der Waals surface area contributed by atoms with Gasteiger partial charge < -0.3 is 9.42 Å². The second-order valence-electron chi connectivity index (χ2n) is 8.14. The number of anilines is 1. The standard InChI is InChI=1S/C23H24N6O2/c1-14-11-20(27-31-14)19-12-21-25-16(3)15(2)23(29(21)26-19)28-9-6-17(7-10-28)22(30)18-5-4-8-24-13-18/h4-5,8,11-13,17H,6-7,9-10H2,1-3H3. The number of rotatable bonds is 4. The van der Waals surface area contributed by atoms with E-state index in [1.807, 2.05) is 42.6 Å². The third-order valence-electron chi connectivity index (χ3n) is 6.05. The summed E-state index contributed by atoms with van der Waals surface area (Å²) in [4.78, 5) is 24.0. The van der Waals surface area contributed by atoms with E-state index in [2.05, 4.69) is 22.0 Å². The zero-order valence-electron chi connectivity index (χ0n) is 17.9. The maximum absolute atomic E-state index is 12.8. The Bertz CT molecular complexity index is 1250. The first-order valence-corrected chi connectivity index (χ1v) is 10.5. The molecule has 0 bridgehead atoms. The lowest BCUT2D eigenvalue weighted by Gasteiger charge is -2.34. The van der Waals surface area contributed by atoms with Crippen molar-refractivity contribution in [3.63, 3.8) is 0 Å². The topological polar surface area (TPSA) is 89.4 Å². The van der Waals surface area contributed by atoms with Crippen LogP contribution in [0.25, 0.3) is 17.0 Å². The van der Waals surface area contributed by atoms with Crippen molar-refractivity contribution in [3.05, 3.63) is 59.2 Å². The molecular formula is C23H24N6O2. The Morgan fingerprint density at radius 1 is 1.13 bits per heavy atom. The number of ketones is 1. The minimum Gasteiger partial charge on any atom is -0.361 e. The molecule has 0 saturated carbocycles. The third kappa shape index (κ3) is 3.48. The summed E-state index contributed by atoms with van der Waals surface area (Å²) in [6.45, 7) is 7.53. The van der Waals surface area contributed by atoms with Crippen LogP contribution in [0.4, 0.5) is 5.82 Å². The fourth-order valence-electron chi connectivity index (χ4n) is 4.26. The number of hydrogen-bond acceptors (Lipinski definition) is 7. The van der Waals surface area contributed by atoms with E-state index < -0.39 is 0 Å². The quantitative estimate of drug-likeness (QED) is 0.467.